The summed E-state index contributed by atoms with van der Waals surface area (Å²) in [5, 5.41) is 8.95. The van der Waals surface area contributed by atoms with E-state index in [1.807, 2.05) is 17.5 Å². The molecule has 3 aromatic rings. The number of hydrogen-bond acceptors (Lipinski definition) is 4. The Kier molecular flexibility index (Phi) is 6.53. The number of benzene rings is 2. The molecule has 1 aliphatic carbocycles. The van der Waals surface area contributed by atoms with E-state index in [-0.39, 0.29) is 11.7 Å². The van der Waals surface area contributed by atoms with Crippen LogP contribution in [-0.2, 0) is 9.59 Å². The highest BCUT2D eigenvalue weighted by molar-refractivity contribution is 7.10. The van der Waals surface area contributed by atoms with Gasteiger partial charge < -0.3 is 10.6 Å². The van der Waals surface area contributed by atoms with Crippen LogP contribution in [0.3, 0.4) is 0 Å². The zero-order valence-corrected chi connectivity index (χ0v) is 21.0. The van der Waals surface area contributed by atoms with E-state index in [1.165, 1.54) is 18.2 Å². The van der Waals surface area contributed by atoms with Crippen LogP contribution in [0, 0.1) is 5.82 Å². The van der Waals surface area contributed by atoms with Crippen molar-refractivity contribution >= 4 is 51.9 Å². The third kappa shape index (κ3) is 4.66. The first kappa shape index (κ1) is 23.8. The molecule has 2 atom stereocenters. The van der Waals surface area contributed by atoms with Gasteiger partial charge in [-0.25, -0.2) is 4.39 Å². The van der Waals surface area contributed by atoms with Gasteiger partial charge in [-0.3, -0.25) is 9.59 Å². The summed E-state index contributed by atoms with van der Waals surface area (Å²) in [4.78, 5) is 28.3. The second-order valence-electron chi connectivity index (χ2n) is 8.66. The molecule has 2 N–H and O–H groups in total. The molecule has 1 amide bonds. The van der Waals surface area contributed by atoms with Crippen molar-refractivity contribution in [3.8, 4) is 0 Å². The lowest BCUT2D eigenvalue weighted by Crippen LogP contribution is -2.37. The minimum Gasteiger partial charge on any atom is -0.362 e. The Morgan fingerprint density at radius 3 is 2.66 bits per heavy atom. The quantitative estimate of drug-likeness (QED) is 0.378. The first-order valence-electron chi connectivity index (χ1n) is 11.1. The van der Waals surface area contributed by atoms with Crippen LogP contribution < -0.4 is 10.6 Å². The van der Waals surface area contributed by atoms with Crippen molar-refractivity contribution in [1.82, 2.24) is 5.32 Å². The van der Waals surface area contributed by atoms with E-state index in [2.05, 4.69) is 10.6 Å². The van der Waals surface area contributed by atoms with Gasteiger partial charge >= 0.3 is 0 Å². The standard InChI is InChI=1S/C27H21Cl2FN2O2S/c1-14-24(27(34)32-18-5-2-4-17(30)13-18)25(19-8-7-16(28)12-20(19)29)26-21(31-14)10-15(11-22(26)33)23-6-3-9-35-23/h2-9,12-13,15,25,31H,10-11H2,1H3,(H,32,34)/t15-,25+/m1/s1. The average Bonchev–Trinajstić information content (AvgIpc) is 3.33. The van der Waals surface area contributed by atoms with E-state index in [0.717, 1.165) is 10.6 Å². The molecule has 4 nitrogen and oxygen atoms in total. The van der Waals surface area contributed by atoms with Gasteiger partial charge in [0.15, 0.2) is 5.78 Å². The second-order valence-corrected chi connectivity index (χ2v) is 10.5. The number of allylic oxidation sites excluding steroid dienone is 3. The van der Waals surface area contributed by atoms with Crippen LogP contribution in [0.15, 0.2) is 82.5 Å². The number of carbonyl (C=O) groups excluding carboxylic acids is 2. The molecule has 2 heterocycles. The van der Waals surface area contributed by atoms with Crippen molar-refractivity contribution < 1.29 is 14.0 Å². The number of Topliss-reactive ketones (excluding diaryl/α,β-unsaturated/α-hetero) is 1. The summed E-state index contributed by atoms with van der Waals surface area (Å²) in [5.74, 6) is -1.53. The summed E-state index contributed by atoms with van der Waals surface area (Å²) in [6.45, 7) is 1.81. The molecule has 0 bridgehead atoms. The zero-order valence-electron chi connectivity index (χ0n) is 18.7. The van der Waals surface area contributed by atoms with Gasteiger partial charge in [0.25, 0.3) is 5.91 Å². The maximum atomic E-state index is 13.7. The number of anilines is 1. The Balaban J connectivity index is 1.60. The summed E-state index contributed by atoms with van der Waals surface area (Å²) >= 11 is 14.4. The maximum Gasteiger partial charge on any atom is 0.254 e. The molecule has 178 valence electrons. The first-order valence-corrected chi connectivity index (χ1v) is 12.7. The lowest BCUT2D eigenvalue weighted by atomic mass is 9.72. The molecule has 0 unspecified atom stereocenters. The smallest absolute Gasteiger partial charge is 0.254 e. The van der Waals surface area contributed by atoms with Crippen LogP contribution in [0.4, 0.5) is 10.1 Å². The van der Waals surface area contributed by atoms with Crippen LogP contribution in [0.1, 0.15) is 42.0 Å². The number of ketones is 1. The minimum atomic E-state index is -0.679. The topological polar surface area (TPSA) is 58.2 Å². The van der Waals surface area contributed by atoms with Crippen LogP contribution in [0.2, 0.25) is 10.0 Å². The van der Waals surface area contributed by atoms with Gasteiger partial charge in [-0.05, 0) is 60.7 Å². The predicted octanol–water partition coefficient (Wildman–Crippen LogP) is 7.19. The van der Waals surface area contributed by atoms with Crippen LogP contribution in [0.5, 0.6) is 0 Å². The number of dihydropyridines is 1. The van der Waals surface area contributed by atoms with E-state index in [1.54, 1.807) is 42.5 Å². The second kappa shape index (κ2) is 9.61. The Labute approximate surface area is 216 Å². The van der Waals surface area contributed by atoms with Crippen molar-refractivity contribution in [2.75, 3.05) is 5.32 Å². The number of hydrogen-bond donors (Lipinski definition) is 2. The van der Waals surface area contributed by atoms with Crippen LogP contribution in [-0.4, -0.2) is 11.7 Å². The number of thiophene rings is 1. The van der Waals surface area contributed by atoms with E-state index in [9.17, 15) is 14.0 Å². The third-order valence-corrected chi connectivity index (χ3v) is 7.97. The van der Waals surface area contributed by atoms with Gasteiger partial charge in [0.05, 0.1) is 0 Å². The van der Waals surface area contributed by atoms with Crippen molar-refractivity contribution in [2.24, 2.45) is 0 Å². The summed E-state index contributed by atoms with van der Waals surface area (Å²) in [7, 11) is 0. The molecule has 2 aliphatic rings. The van der Waals surface area contributed by atoms with Crippen molar-refractivity contribution in [2.45, 2.75) is 31.6 Å². The molecule has 5 rings (SSSR count). The van der Waals surface area contributed by atoms with E-state index >= 15 is 0 Å². The lowest BCUT2D eigenvalue weighted by Gasteiger charge is -2.37. The Bertz CT molecular complexity index is 1400. The fraction of sp³-hybridized carbons (Fsp3) is 0.185. The lowest BCUT2D eigenvalue weighted by molar-refractivity contribution is -0.116. The van der Waals surface area contributed by atoms with Gasteiger partial charge in [-0.1, -0.05) is 41.4 Å². The highest BCUT2D eigenvalue weighted by atomic mass is 35.5. The van der Waals surface area contributed by atoms with Gasteiger partial charge in [0.1, 0.15) is 5.82 Å². The number of rotatable bonds is 4. The number of amides is 1. The molecule has 35 heavy (non-hydrogen) atoms. The van der Waals surface area contributed by atoms with Crippen LogP contribution >= 0.6 is 34.5 Å². The number of nitrogens with one attached hydrogen (secondary N) is 2. The van der Waals surface area contributed by atoms with Crippen molar-refractivity contribution in [3.63, 3.8) is 0 Å². The SMILES string of the molecule is CC1=C(C(=O)Nc2cccc(F)c2)[C@H](c2ccc(Cl)cc2Cl)C2=C(C[C@@H](c3cccs3)CC2=O)N1. The van der Waals surface area contributed by atoms with E-state index in [0.29, 0.717) is 51.0 Å². The summed E-state index contributed by atoms with van der Waals surface area (Å²) in [6.07, 6.45) is 1.00. The van der Waals surface area contributed by atoms with E-state index in [4.69, 9.17) is 23.2 Å². The average molecular weight is 527 g/mol. The summed E-state index contributed by atoms with van der Waals surface area (Å²) < 4.78 is 13.7. The molecule has 8 heteroatoms. The molecule has 1 aliphatic heterocycles. The zero-order chi connectivity index (χ0) is 24.7. The highest BCUT2D eigenvalue weighted by Crippen LogP contribution is 2.47. The van der Waals surface area contributed by atoms with Crippen molar-refractivity contribution in [1.29, 1.82) is 0 Å². The normalized spacial score (nSPS) is 19.9. The molecule has 0 fully saturated rings. The monoisotopic (exact) mass is 526 g/mol. The molecular formula is C27H21Cl2FN2O2S. The Morgan fingerprint density at radius 2 is 1.94 bits per heavy atom. The van der Waals surface area contributed by atoms with Gasteiger partial charge in [0, 0.05) is 61.4 Å². The number of carbonyl (C=O) groups is 2. The predicted molar refractivity (Wildman–Crippen MR) is 138 cm³/mol. The summed E-state index contributed by atoms with van der Waals surface area (Å²) in [6, 6.07) is 14.8. The molecular weight excluding hydrogens is 506 g/mol. The third-order valence-electron chi connectivity index (χ3n) is 6.37. The Hall–Kier alpha value is -2.93. The minimum absolute atomic E-state index is 0.0308. The largest absolute Gasteiger partial charge is 0.362 e. The fourth-order valence-electron chi connectivity index (χ4n) is 4.88. The van der Waals surface area contributed by atoms with Gasteiger partial charge in [-0.15, -0.1) is 11.3 Å². The molecule has 0 saturated heterocycles. The van der Waals surface area contributed by atoms with E-state index < -0.39 is 17.6 Å². The van der Waals surface area contributed by atoms with Crippen molar-refractivity contribution in [3.05, 3.63) is 109 Å². The molecule has 1 aromatic heterocycles. The highest BCUT2D eigenvalue weighted by Gasteiger charge is 2.41. The molecule has 0 spiro atoms. The molecule has 2 aromatic carbocycles. The summed E-state index contributed by atoms with van der Waals surface area (Å²) in [5.41, 5.74) is 3.27. The number of halogens is 3. The van der Waals surface area contributed by atoms with Crippen LogP contribution in [0.25, 0.3) is 0 Å². The fourth-order valence-corrected chi connectivity index (χ4v) is 6.22. The molecule has 0 saturated carbocycles. The molecule has 0 radical (unpaired) electrons. The van der Waals surface area contributed by atoms with Gasteiger partial charge in [-0.2, -0.15) is 0 Å². The maximum absolute atomic E-state index is 13.7. The first-order chi connectivity index (χ1) is 16.8. The van der Waals surface area contributed by atoms with Gasteiger partial charge in [0.2, 0.25) is 0 Å². The Morgan fingerprint density at radius 1 is 1.11 bits per heavy atom.